The third-order valence-corrected chi connectivity index (χ3v) is 7.47. The van der Waals surface area contributed by atoms with Gasteiger partial charge in [-0.2, -0.15) is 0 Å². The van der Waals surface area contributed by atoms with E-state index in [4.69, 9.17) is 9.47 Å². The van der Waals surface area contributed by atoms with Gasteiger partial charge in [0.2, 0.25) is 5.91 Å². The number of methoxy groups -OCH3 is 2. The lowest BCUT2D eigenvalue weighted by atomic mass is 10.0. The Kier molecular flexibility index (Phi) is 8.30. The lowest BCUT2D eigenvalue weighted by Gasteiger charge is -2.29. The number of fused-ring (bicyclic) bond motifs is 1. The van der Waals surface area contributed by atoms with Crippen LogP contribution in [-0.2, 0) is 17.8 Å². The average Bonchev–Trinajstić information content (AvgIpc) is 3.40. The number of nitrogens with one attached hydrogen (secondary N) is 1. The Balaban J connectivity index is 1.42. The normalized spacial score (nSPS) is 12.5. The van der Waals surface area contributed by atoms with E-state index >= 15 is 0 Å². The number of aryl methyl sites for hydroxylation is 1. The summed E-state index contributed by atoms with van der Waals surface area (Å²) in [6, 6.07) is 18.7. The van der Waals surface area contributed by atoms with E-state index in [0.717, 1.165) is 30.2 Å². The Bertz CT molecular complexity index is 1540. The molecular weight excluding hydrogens is 533 g/mol. The zero-order valence-corrected chi connectivity index (χ0v) is 22.9. The van der Waals surface area contributed by atoms with Crippen LogP contribution in [0.3, 0.4) is 0 Å². The second kappa shape index (κ2) is 12.2. The van der Waals surface area contributed by atoms with E-state index in [-0.39, 0.29) is 23.8 Å². The van der Waals surface area contributed by atoms with Gasteiger partial charge in [-0.25, -0.2) is 4.39 Å². The maximum absolute atomic E-state index is 13.6. The van der Waals surface area contributed by atoms with E-state index in [1.165, 1.54) is 30.0 Å². The van der Waals surface area contributed by atoms with E-state index in [9.17, 15) is 14.0 Å². The van der Waals surface area contributed by atoms with Crippen molar-refractivity contribution in [2.45, 2.75) is 24.5 Å². The number of aromatic nitrogens is 3. The lowest BCUT2D eigenvalue weighted by Crippen LogP contribution is -2.36. The number of carbonyl (C=O) groups is 2. The molecule has 0 saturated heterocycles. The van der Waals surface area contributed by atoms with Crippen LogP contribution in [0.1, 0.15) is 28.2 Å². The molecule has 0 radical (unpaired) electrons. The van der Waals surface area contributed by atoms with Crippen molar-refractivity contribution in [3.63, 3.8) is 0 Å². The van der Waals surface area contributed by atoms with Crippen molar-refractivity contribution in [3.05, 3.63) is 89.5 Å². The van der Waals surface area contributed by atoms with Crippen LogP contribution in [0.5, 0.6) is 11.5 Å². The summed E-state index contributed by atoms with van der Waals surface area (Å²) in [6.45, 7) is 0.654. The number of ether oxygens (including phenoxy) is 2. The van der Waals surface area contributed by atoms with Crippen molar-refractivity contribution in [2.24, 2.45) is 0 Å². The topological polar surface area (TPSA) is 98.6 Å². The van der Waals surface area contributed by atoms with Crippen molar-refractivity contribution in [1.82, 2.24) is 20.1 Å². The second-order valence-electron chi connectivity index (χ2n) is 9.03. The molecule has 1 aromatic heterocycles. The summed E-state index contributed by atoms with van der Waals surface area (Å²) in [7, 11) is 3.11. The van der Waals surface area contributed by atoms with Gasteiger partial charge in [0.05, 0.1) is 32.2 Å². The van der Waals surface area contributed by atoms with Gasteiger partial charge in [-0.3, -0.25) is 14.2 Å². The summed E-state index contributed by atoms with van der Waals surface area (Å²) in [5.74, 6) is 0.637. The van der Waals surface area contributed by atoms with Crippen LogP contribution in [-0.4, -0.2) is 53.1 Å². The van der Waals surface area contributed by atoms with Gasteiger partial charge in [-0.15, -0.1) is 10.2 Å². The number of thioether (sulfide) groups is 1. The first-order valence-corrected chi connectivity index (χ1v) is 13.7. The molecule has 4 aromatic rings. The number of halogens is 1. The smallest absolute Gasteiger partial charge is 0.251 e. The quantitative estimate of drug-likeness (QED) is 0.302. The molecule has 1 aliphatic heterocycles. The maximum Gasteiger partial charge on any atom is 0.251 e. The molecule has 0 atom stereocenters. The molecule has 0 aliphatic carbocycles. The summed E-state index contributed by atoms with van der Waals surface area (Å²) >= 11 is 1.24. The van der Waals surface area contributed by atoms with E-state index in [1.807, 2.05) is 23.1 Å². The highest BCUT2D eigenvalue weighted by Gasteiger charge is 2.25. The first kappa shape index (κ1) is 27.2. The van der Waals surface area contributed by atoms with Crippen molar-refractivity contribution >= 4 is 29.3 Å². The molecule has 206 valence electrons. The van der Waals surface area contributed by atoms with E-state index in [2.05, 4.69) is 21.6 Å². The number of amides is 2. The molecule has 0 unspecified atom stereocenters. The Morgan fingerprint density at radius 1 is 1.00 bits per heavy atom. The summed E-state index contributed by atoms with van der Waals surface area (Å²) < 4.78 is 26.4. The monoisotopic (exact) mass is 561 g/mol. The molecule has 9 nitrogen and oxygen atoms in total. The number of para-hydroxylation sites is 1. The lowest BCUT2D eigenvalue weighted by molar-refractivity contribution is -0.116. The second-order valence-corrected chi connectivity index (χ2v) is 9.97. The Morgan fingerprint density at radius 3 is 2.65 bits per heavy atom. The molecule has 0 bridgehead atoms. The van der Waals surface area contributed by atoms with E-state index in [1.54, 1.807) is 37.0 Å². The van der Waals surface area contributed by atoms with Gasteiger partial charge in [0.1, 0.15) is 17.3 Å². The van der Waals surface area contributed by atoms with Gasteiger partial charge in [0, 0.05) is 23.9 Å². The van der Waals surface area contributed by atoms with Gasteiger partial charge in [0.25, 0.3) is 5.91 Å². The van der Waals surface area contributed by atoms with Crippen LogP contribution in [0.25, 0.3) is 5.69 Å². The molecule has 3 aromatic carbocycles. The highest BCUT2D eigenvalue weighted by atomic mass is 32.2. The van der Waals surface area contributed by atoms with Gasteiger partial charge >= 0.3 is 0 Å². The number of hydrogen-bond acceptors (Lipinski definition) is 7. The van der Waals surface area contributed by atoms with Gasteiger partial charge < -0.3 is 19.7 Å². The largest absolute Gasteiger partial charge is 0.497 e. The number of anilines is 1. The number of benzene rings is 3. The standard InChI is InChI=1S/C29H28FN5O4S/c1-38-22-12-13-25(39-2)24(16-22)35-26(17-31-28(37)20-8-5-10-21(30)15-20)32-33-29(35)40-18-27(36)34-14-6-9-19-7-3-4-11-23(19)34/h3-5,7-8,10-13,15-16H,6,9,14,17-18H2,1-2H3,(H,31,37). The number of nitrogens with zero attached hydrogens (tertiary/aromatic N) is 4. The maximum atomic E-state index is 13.6. The van der Waals surface area contributed by atoms with Crippen molar-refractivity contribution in [2.75, 3.05) is 31.4 Å². The van der Waals surface area contributed by atoms with E-state index in [0.29, 0.717) is 34.7 Å². The van der Waals surface area contributed by atoms with E-state index < -0.39 is 11.7 Å². The van der Waals surface area contributed by atoms with Gasteiger partial charge in [-0.1, -0.05) is 36.0 Å². The first-order chi connectivity index (χ1) is 19.5. The number of rotatable bonds is 9. The molecule has 1 aliphatic rings. The van der Waals surface area contributed by atoms with Crippen LogP contribution < -0.4 is 19.7 Å². The van der Waals surface area contributed by atoms with Crippen LogP contribution in [0.2, 0.25) is 0 Å². The minimum Gasteiger partial charge on any atom is -0.497 e. The van der Waals surface area contributed by atoms with Crippen LogP contribution in [0.4, 0.5) is 10.1 Å². The Hall–Kier alpha value is -4.38. The first-order valence-electron chi connectivity index (χ1n) is 12.7. The minimum atomic E-state index is -0.503. The molecule has 0 saturated carbocycles. The zero-order chi connectivity index (χ0) is 28.1. The number of carbonyl (C=O) groups excluding carboxylic acids is 2. The molecule has 1 N–H and O–H groups in total. The fourth-order valence-corrected chi connectivity index (χ4v) is 5.45. The molecule has 5 rings (SSSR count). The summed E-state index contributed by atoms with van der Waals surface area (Å²) in [5.41, 5.74) is 2.87. The molecule has 2 amide bonds. The van der Waals surface area contributed by atoms with Crippen LogP contribution in [0, 0.1) is 5.82 Å². The average molecular weight is 562 g/mol. The third-order valence-electron chi connectivity index (χ3n) is 6.56. The SMILES string of the molecule is COc1ccc(OC)c(-n2c(CNC(=O)c3cccc(F)c3)nnc2SCC(=O)N2CCCc3ccccc32)c1. The van der Waals surface area contributed by atoms with Crippen molar-refractivity contribution in [1.29, 1.82) is 0 Å². The zero-order valence-electron chi connectivity index (χ0n) is 22.1. The summed E-state index contributed by atoms with van der Waals surface area (Å²) in [4.78, 5) is 27.8. The molecule has 0 spiro atoms. The fraction of sp³-hybridized carbons (Fsp3) is 0.241. The minimum absolute atomic E-state index is 0.00326. The Labute approximate surface area is 235 Å². The number of hydrogen-bond donors (Lipinski definition) is 1. The highest BCUT2D eigenvalue weighted by molar-refractivity contribution is 7.99. The third kappa shape index (κ3) is 5.79. The van der Waals surface area contributed by atoms with Crippen molar-refractivity contribution < 1.29 is 23.5 Å². The Morgan fingerprint density at radius 2 is 1.85 bits per heavy atom. The summed E-state index contributed by atoms with van der Waals surface area (Å²) in [5, 5.41) is 11.9. The molecule has 2 heterocycles. The van der Waals surface area contributed by atoms with Gasteiger partial charge in [-0.05, 0) is 54.8 Å². The highest BCUT2D eigenvalue weighted by Crippen LogP contribution is 2.33. The van der Waals surface area contributed by atoms with Gasteiger partial charge in [0.15, 0.2) is 11.0 Å². The molecule has 40 heavy (non-hydrogen) atoms. The van der Waals surface area contributed by atoms with Crippen LogP contribution in [0.15, 0.2) is 71.9 Å². The van der Waals surface area contributed by atoms with Crippen LogP contribution >= 0.6 is 11.8 Å². The molecule has 0 fully saturated rings. The molecule has 11 heteroatoms. The fourth-order valence-electron chi connectivity index (χ4n) is 4.61. The predicted octanol–water partition coefficient (Wildman–Crippen LogP) is 4.43. The van der Waals surface area contributed by atoms with Crippen molar-refractivity contribution in [3.8, 4) is 17.2 Å². The molecular formula is C29H28FN5O4S. The summed E-state index contributed by atoms with van der Waals surface area (Å²) in [6.07, 6.45) is 1.85. The predicted molar refractivity (Wildman–Crippen MR) is 150 cm³/mol.